The zero-order chi connectivity index (χ0) is 10.7. The summed E-state index contributed by atoms with van der Waals surface area (Å²) in [6.07, 6.45) is 2.29. The molecule has 2 rings (SSSR count). The van der Waals surface area contributed by atoms with E-state index >= 15 is 0 Å². The number of nitrogens with one attached hydrogen (secondary N) is 1. The fourth-order valence-corrected chi connectivity index (χ4v) is 1.55. The average molecular weight is 272 g/mol. The summed E-state index contributed by atoms with van der Waals surface area (Å²) in [7, 11) is 1.88. The summed E-state index contributed by atoms with van der Waals surface area (Å²) in [5.41, 5.74) is 0.776. The molecular formula is C9H10BrN3O2. The first-order valence-electron chi connectivity index (χ1n) is 4.51. The molecule has 0 saturated carbocycles. The Morgan fingerprint density at radius 1 is 1.47 bits per heavy atom. The van der Waals surface area contributed by atoms with E-state index in [2.05, 4.69) is 31.4 Å². The molecule has 0 aliphatic rings. The molecule has 0 amide bonds. The lowest BCUT2D eigenvalue weighted by atomic mass is 10.3. The van der Waals surface area contributed by atoms with Gasteiger partial charge in [0.05, 0.1) is 11.8 Å². The van der Waals surface area contributed by atoms with Crippen LogP contribution in [0.3, 0.4) is 0 Å². The Labute approximate surface area is 95.0 Å². The van der Waals surface area contributed by atoms with E-state index in [1.165, 1.54) is 0 Å². The lowest BCUT2D eigenvalue weighted by molar-refractivity contribution is 0.496. The molecular weight excluding hydrogens is 262 g/mol. The van der Waals surface area contributed by atoms with Crippen molar-refractivity contribution in [2.24, 2.45) is 0 Å². The van der Waals surface area contributed by atoms with Crippen molar-refractivity contribution in [3.05, 3.63) is 22.9 Å². The molecule has 0 bridgehead atoms. The van der Waals surface area contributed by atoms with Crippen molar-refractivity contribution in [2.75, 3.05) is 13.6 Å². The molecule has 0 spiro atoms. The third kappa shape index (κ3) is 2.27. The van der Waals surface area contributed by atoms with Gasteiger partial charge >= 0.3 is 0 Å². The van der Waals surface area contributed by atoms with Crippen LogP contribution in [0.5, 0.6) is 0 Å². The summed E-state index contributed by atoms with van der Waals surface area (Å²) >= 11 is 3.26. The minimum absolute atomic E-state index is 0.474. The molecule has 1 N–H and O–H groups in total. The second-order valence-electron chi connectivity index (χ2n) is 2.96. The zero-order valence-corrected chi connectivity index (χ0v) is 9.74. The highest BCUT2D eigenvalue weighted by atomic mass is 79.9. The van der Waals surface area contributed by atoms with Gasteiger partial charge in [0.15, 0.2) is 4.67 Å². The number of furan rings is 1. The fraction of sp³-hybridized carbons (Fsp3) is 0.333. The van der Waals surface area contributed by atoms with Gasteiger partial charge < -0.3 is 14.2 Å². The Hall–Kier alpha value is -1.14. The lowest BCUT2D eigenvalue weighted by Crippen LogP contribution is -2.10. The van der Waals surface area contributed by atoms with Crippen LogP contribution in [0.4, 0.5) is 0 Å². The highest BCUT2D eigenvalue weighted by Crippen LogP contribution is 2.27. The van der Waals surface area contributed by atoms with E-state index in [0.29, 0.717) is 16.5 Å². The molecule has 2 heterocycles. The van der Waals surface area contributed by atoms with Gasteiger partial charge in [-0.2, -0.15) is 0 Å². The summed E-state index contributed by atoms with van der Waals surface area (Å²) in [6.45, 7) is 0.814. The van der Waals surface area contributed by atoms with E-state index < -0.39 is 0 Å². The Morgan fingerprint density at radius 2 is 2.33 bits per heavy atom. The van der Waals surface area contributed by atoms with Crippen molar-refractivity contribution in [1.29, 1.82) is 0 Å². The minimum atomic E-state index is 0.474. The van der Waals surface area contributed by atoms with Crippen molar-refractivity contribution >= 4 is 15.9 Å². The van der Waals surface area contributed by atoms with Gasteiger partial charge in [0.1, 0.15) is 0 Å². The van der Waals surface area contributed by atoms with Crippen LogP contribution in [-0.4, -0.2) is 23.8 Å². The molecule has 15 heavy (non-hydrogen) atoms. The first-order chi connectivity index (χ1) is 7.31. The van der Waals surface area contributed by atoms with Gasteiger partial charge in [-0.1, -0.05) is 0 Å². The number of halogens is 1. The normalized spacial score (nSPS) is 10.8. The van der Waals surface area contributed by atoms with Crippen LogP contribution in [0, 0.1) is 0 Å². The molecule has 2 aromatic heterocycles. The average Bonchev–Trinajstić information content (AvgIpc) is 2.83. The predicted octanol–water partition coefficient (Wildman–Crippen LogP) is 1.85. The Balaban J connectivity index is 2.17. The first-order valence-corrected chi connectivity index (χ1v) is 5.31. The van der Waals surface area contributed by atoms with Crippen LogP contribution in [0.15, 0.2) is 25.8 Å². The van der Waals surface area contributed by atoms with Crippen LogP contribution in [0.2, 0.25) is 0 Å². The third-order valence-corrected chi connectivity index (χ3v) is 2.52. The SMILES string of the molecule is CNCCc1nnc(-c2ccoc2Br)o1. The molecule has 0 aliphatic carbocycles. The monoisotopic (exact) mass is 271 g/mol. The Kier molecular flexibility index (Phi) is 3.17. The fourth-order valence-electron chi connectivity index (χ4n) is 1.14. The number of hydrogen-bond donors (Lipinski definition) is 1. The lowest BCUT2D eigenvalue weighted by Gasteiger charge is -1.92. The van der Waals surface area contributed by atoms with Gasteiger partial charge in [0.2, 0.25) is 5.89 Å². The van der Waals surface area contributed by atoms with Gasteiger partial charge in [-0.15, -0.1) is 10.2 Å². The summed E-state index contributed by atoms with van der Waals surface area (Å²) in [4.78, 5) is 0. The molecule has 0 aliphatic heterocycles. The molecule has 0 aromatic carbocycles. The smallest absolute Gasteiger partial charge is 0.252 e. The van der Waals surface area contributed by atoms with E-state index in [9.17, 15) is 0 Å². The second kappa shape index (κ2) is 4.59. The zero-order valence-electron chi connectivity index (χ0n) is 8.16. The topological polar surface area (TPSA) is 64.1 Å². The molecule has 0 atom stereocenters. The highest BCUT2D eigenvalue weighted by molar-refractivity contribution is 9.10. The predicted molar refractivity (Wildman–Crippen MR) is 57.3 cm³/mol. The molecule has 0 unspecified atom stereocenters. The van der Waals surface area contributed by atoms with Gasteiger partial charge in [-0.05, 0) is 29.0 Å². The Morgan fingerprint density at radius 3 is 3.00 bits per heavy atom. The third-order valence-electron chi connectivity index (χ3n) is 1.90. The molecule has 6 heteroatoms. The minimum Gasteiger partial charge on any atom is -0.457 e. The molecule has 0 fully saturated rings. The molecule has 2 aromatic rings. The van der Waals surface area contributed by atoms with Crippen LogP contribution >= 0.6 is 15.9 Å². The first kappa shape index (κ1) is 10.4. The van der Waals surface area contributed by atoms with Gasteiger partial charge in [0.25, 0.3) is 5.89 Å². The number of likely N-dealkylation sites (N-methyl/N-ethyl adjacent to an activating group) is 1. The van der Waals surface area contributed by atoms with Crippen molar-refractivity contribution in [1.82, 2.24) is 15.5 Å². The van der Waals surface area contributed by atoms with Crippen molar-refractivity contribution in [3.63, 3.8) is 0 Å². The van der Waals surface area contributed by atoms with Crippen LogP contribution in [-0.2, 0) is 6.42 Å². The van der Waals surface area contributed by atoms with Crippen LogP contribution in [0.25, 0.3) is 11.5 Å². The molecule has 0 radical (unpaired) electrons. The summed E-state index contributed by atoms with van der Waals surface area (Å²) < 4.78 is 11.1. The Bertz CT molecular complexity index is 438. The quantitative estimate of drug-likeness (QED) is 0.920. The summed E-state index contributed by atoms with van der Waals surface area (Å²) in [5.74, 6) is 1.09. The summed E-state index contributed by atoms with van der Waals surface area (Å²) in [5, 5.41) is 10.9. The van der Waals surface area contributed by atoms with Crippen LogP contribution < -0.4 is 5.32 Å². The number of hydrogen-bond acceptors (Lipinski definition) is 5. The second-order valence-corrected chi connectivity index (χ2v) is 3.68. The van der Waals surface area contributed by atoms with E-state index in [-0.39, 0.29) is 0 Å². The van der Waals surface area contributed by atoms with Crippen molar-refractivity contribution < 1.29 is 8.83 Å². The maximum Gasteiger partial charge on any atom is 0.252 e. The van der Waals surface area contributed by atoms with E-state index in [0.717, 1.165) is 18.5 Å². The van der Waals surface area contributed by atoms with Crippen LogP contribution in [0.1, 0.15) is 5.89 Å². The molecule has 0 saturated heterocycles. The van der Waals surface area contributed by atoms with Crippen molar-refractivity contribution in [3.8, 4) is 11.5 Å². The van der Waals surface area contributed by atoms with E-state index in [1.54, 1.807) is 12.3 Å². The number of nitrogens with zero attached hydrogens (tertiary/aromatic N) is 2. The van der Waals surface area contributed by atoms with Gasteiger partial charge in [-0.3, -0.25) is 0 Å². The van der Waals surface area contributed by atoms with E-state index in [1.807, 2.05) is 7.05 Å². The maximum absolute atomic E-state index is 5.46. The number of aromatic nitrogens is 2. The van der Waals surface area contributed by atoms with Crippen molar-refractivity contribution in [2.45, 2.75) is 6.42 Å². The van der Waals surface area contributed by atoms with E-state index in [4.69, 9.17) is 8.83 Å². The highest BCUT2D eigenvalue weighted by Gasteiger charge is 2.13. The largest absolute Gasteiger partial charge is 0.457 e. The molecule has 5 nitrogen and oxygen atoms in total. The molecule has 80 valence electrons. The van der Waals surface area contributed by atoms with Gasteiger partial charge in [-0.25, -0.2) is 0 Å². The summed E-state index contributed by atoms with van der Waals surface area (Å²) in [6, 6.07) is 1.78. The van der Waals surface area contributed by atoms with Gasteiger partial charge in [0, 0.05) is 13.0 Å². The maximum atomic E-state index is 5.46. The standard InChI is InChI=1S/C9H10BrN3O2/c1-11-4-2-7-12-13-9(15-7)6-3-5-14-8(6)10/h3,5,11H,2,4H2,1H3. The number of rotatable bonds is 4.